The number of para-hydroxylation sites is 1. The van der Waals surface area contributed by atoms with Gasteiger partial charge in [0.15, 0.2) is 12.3 Å². The molecule has 1 aromatic heterocycles. The van der Waals surface area contributed by atoms with E-state index in [0.717, 1.165) is 0 Å². The summed E-state index contributed by atoms with van der Waals surface area (Å²) in [5.41, 5.74) is 4.36. The molecule has 8 heteroatoms. The second-order valence-corrected chi connectivity index (χ2v) is 5.62. The van der Waals surface area contributed by atoms with Crippen LogP contribution in [-0.2, 0) is 11.3 Å². The van der Waals surface area contributed by atoms with Crippen LogP contribution in [0.15, 0.2) is 59.4 Å². The fraction of sp³-hybridized carbons (Fsp3) is 0.158. The molecule has 0 aliphatic heterocycles. The van der Waals surface area contributed by atoms with Crippen molar-refractivity contribution < 1.29 is 14.3 Å². The van der Waals surface area contributed by atoms with E-state index in [-0.39, 0.29) is 17.9 Å². The van der Waals surface area contributed by atoms with Crippen molar-refractivity contribution >= 4 is 22.6 Å². The van der Waals surface area contributed by atoms with E-state index in [4.69, 9.17) is 4.74 Å². The predicted molar refractivity (Wildman–Crippen MR) is 99.2 cm³/mol. The SMILES string of the molecule is CCn1nc(C(=O)NNC(=O)COc2ccccc2)c2ccccc2c1=O. The molecule has 0 saturated heterocycles. The third-order valence-corrected chi connectivity index (χ3v) is 3.81. The maximum Gasteiger partial charge on any atom is 0.290 e. The summed E-state index contributed by atoms with van der Waals surface area (Å²) < 4.78 is 6.51. The molecule has 0 aliphatic carbocycles. The van der Waals surface area contributed by atoms with E-state index in [1.165, 1.54) is 4.68 Å². The van der Waals surface area contributed by atoms with Crippen molar-refractivity contribution in [3.05, 3.63) is 70.6 Å². The molecular formula is C19H18N4O4. The minimum absolute atomic E-state index is 0.0522. The molecule has 0 fully saturated rings. The van der Waals surface area contributed by atoms with Gasteiger partial charge >= 0.3 is 0 Å². The Bertz CT molecular complexity index is 1030. The molecule has 3 rings (SSSR count). The maximum atomic E-state index is 12.5. The van der Waals surface area contributed by atoms with Gasteiger partial charge in [0.2, 0.25) is 0 Å². The first-order chi connectivity index (χ1) is 13.1. The summed E-state index contributed by atoms with van der Waals surface area (Å²) in [6, 6.07) is 15.5. The molecule has 0 radical (unpaired) electrons. The monoisotopic (exact) mass is 366 g/mol. The number of benzene rings is 2. The first kappa shape index (κ1) is 18.1. The number of aromatic nitrogens is 2. The van der Waals surface area contributed by atoms with Gasteiger partial charge in [0, 0.05) is 11.9 Å². The Hall–Kier alpha value is -3.68. The molecule has 3 aromatic rings. The summed E-state index contributed by atoms with van der Waals surface area (Å²) in [4.78, 5) is 36.6. The number of hydrogen-bond donors (Lipinski definition) is 2. The number of rotatable bonds is 5. The van der Waals surface area contributed by atoms with Crippen LogP contribution in [0.3, 0.4) is 0 Å². The van der Waals surface area contributed by atoms with Gasteiger partial charge in [-0.05, 0) is 25.1 Å². The van der Waals surface area contributed by atoms with Crippen LogP contribution < -0.4 is 21.1 Å². The van der Waals surface area contributed by atoms with Gasteiger partial charge < -0.3 is 4.74 Å². The maximum absolute atomic E-state index is 12.5. The zero-order valence-electron chi connectivity index (χ0n) is 14.6. The highest BCUT2D eigenvalue weighted by molar-refractivity contribution is 6.05. The number of hydrogen-bond acceptors (Lipinski definition) is 5. The lowest BCUT2D eigenvalue weighted by atomic mass is 10.1. The molecule has 2 aromatic carbocycles. The summed E-state index contributed by atoms with van der Waals surface area (Å²) in [6.45, 7) is 1.82. The van der Waals surface area contributed by atoms with Crippen molar-refractivity contribution in [3.8, 4) is 5.75 Å². The molecule has 0 aliphatic rings. The summed E-state index contributed by atoms with van der Waals surface area (Å²) in [7, 11) is 0. The van der Waals surface area contributed by atoms with Gasteiger partial charge in [-0.3, -0.25) is 25.2 Å². The van der Waals surface area contributed by atoms with E-state index in [2.05, 4.69) is 16.0 Å². The highest BCUT2D eigenvalue weighted by atomic mass is 16.5. The normalized spacial score (nSPS) is 10.4. The number of nitrogens with one attached hydrogen (secondary N) is 2. The summed E-state index contributed by atoms with van der Waals surface area (Å²) >= 11 is 0. The fourth-order valence-electron chi connectivity index (χ4n) is 2.50. The largest absolute Gasteiger partial charge is 0.484 e. The average molecular weight is 366 g/mol. The van der Waals surface area contributed by atoms with E-state index < -0.39 is 11.8 Å². The summed E-state index contributed by atoms with van der Waals surface area (Å²) in [5, 5.41) is 4.90. The molecule has 0 atom stereocenters. The van der Waals surface area contributed by atoms with E-state index >= 15 is 0 Å². The number of aryl methyl sites for hydroxylation is 1. The van der Waals surface area contributed by atoms with Crippen molar-refractivity contribution in [1.82, 2.24) is 20.6 Å². The predicted octanol–water partition coefficient (Wildman–Crippen LogP) is 1.26. The quantitative estimate of drug-likeness (QED) is 0.662. The van der Waals surface area contributed by atoms with Crippen LogP contribution in [0.5, 0.6) is 5.75 Å². The van der Waals surface area contributed by atoms with Crippen LogP contribution in [-0.4, -0.2) is 28.2 Å². The Morgan fingerprint density at radius 2 is 1.67 bits per heavy atom. The minimum Gasteiger partial charge on any atom is -0.484 e. The Morgan fingerprint density at radius 3 is 2.37 bits per heavy atom. The smallest absolute Gasteiger partial charge is 0.290 e. The molecule has 2 N–H and O–H groups in total. The van der Waals surface area contributed by atoms with E-state index in [9.17, 15) is 14.4 Å². The lowest BCUT2D eigenvalue weighted by Gasteiger charge is -2.11. The molecule has 0 unspecified atom stereocenters. The van der Waals surface area contributed by atoms with E-state index in [0.29, 0.717) is 23.1 Å². The first-order valence-electron chi connectivity index (χ1n) is 8.37. The number of carbonyl (C=O) groups excluding carboxylic acids is 2. The van der Waals surface area contributed by atoms with Crippen molar-refractivity contribution in [1.29, 1.82) is 0 Å². The van der Waals surface area contributed by atoms with Gasteiger partial charge in [0.1, 0.15) is 5.75 Å². The van der Waals surface area contributed by atoms with Crippen LogP contribution in [0.1, 0.15) is 17.4 Å². The van der Waals surface area contributed by atoms with Crippen molar-refractivity contribution in [2.45, 2.75) is 13.5 Å². The van der Waals surface area contributed by atoms with Crippen molar-refractivity contribution in [2.75, 3.05) is 6.61 Å². The number of hydrazine groups is 1. The van der Waals surface area contributed by atoms with Gasteiger partial charge in [-0.1, -0.05) is 36.4 Å². The molecular weight excluding hydrogens is 348 g/mol. The molecule has 0 bridgehead atoms. The summed E-state index contributed by atoms with van der Waals surface area (Å²) in [6.07, 6.45) is 0. The number of nitrogens with zero attached hydrogens (tertiary/aromatic N) is 2. The van der Waals surface area contributed by atoms with E-state index in [1.54, 1.807) is 55.5 Å². The number of amides is 2. The highest BCUT2D eigenvalue weighted by Gasteiger charge is 2.16. The molecule has 138 valence electrons. The van der Waals surface area contributed by atoms with Gasteiger partial charge in [-0.15, -0.1) is 0 Å². The third-order valence-electron chi connectivity index (χ3n) is 3.81. The number of ether oxygens (including phenoxy) is 1. The second-order valence-electron chi connectivity index (χ2n) is 5.62. The van der Waals surface area contributed by atoms with E-state index in [1.807, 2.05) is 6.07 Å². The molecule has 1 heterocycles. The second kappa shape index (κ2) is 8.13. The minimum atomic E-state index is -0.624. The van der Waals surface area contributed by atoms with Gasteiger partial charge in [0.05, 0.1) is 5.39 Å². The Balaban J connectivity index is 1.70. The topological polar surface area (TPSA) is 102 Å². The fourth-order valence-corrected chi connectivity index (χ4v) is 2.50. The number of carbonyl (C=O) groups is 2. The third kappa shape index (κ3) is 4.12. The van der Waals surface area contributed by atoms with Crippen LogP contribution >= 0.6 is 0 Å². The highest BCUT2D eigenvalue weighted by Crippen LogP contribution is 2.13. The Kier molecular flexibility index (Phi) is 5.46. The van der Waals surface area contributed by atoms with Crippen molar-refractivity contribution in [2.24, 2.45) is 0 Å². The molecule has 27 heavy (non-hydrogen) atoms. The van der Waals surface area contributed by atoms with Gasteiger partial charge in [0.25, 0.3) is 17.4 Å². The Labute approximate surface area is 154 Å². The first-order valence-corrected chi connectivity index (χ1v) is 8.37. The molecule has 8 nitrogen and oxygen atoms in total. The standard InChI is InChI=1S/C19H18N4O4/c1-2-23-19(26)15-11-7-6-10-14(15)17(22-23)18(25)21-20-16(24)12-27-13-8-4-3-5-9-13/h3-11H,2,12H2,1H3,(H,20,24)(H,21,25). The summed E-state index contributed by atoms with van der Waals surface area (Å²) in [5.74, 6) is -0.608. The zero-order chi connectivity index (χ0) is 19.2. The zero-order valence-corrected chi connectivity index (χ0v) is 14.6. The lowest BCUT2D eigenvalue weighted by Crippen LogP contribution is -2.44. The van der Waals surface area contributed by atoms with Crippen LogP contribution in [0.4, 0.5) is 0 Å². The van der Waals surface area contributed by atoms with Gasteiger partial charge in [-0.2, -0.15) is 5.10 Å². The Morgan fingerprint density at radius 1 is 1.00 bits per heavy atom. The molecule has 2 amide bonds. The molecule has 0 saturated carbocycles. The van der Waals surface area contributed by atoms with Gasteiger partial charge in [-0.25, -0.2) is 4.68 Å². The van der Waals surface area contributed by atoms with Crippen LogP contribution in [0.2, 0.25) is 0 Å². The molecule has 0 spiro atoms. The van der Waals surface area contributed by atoms with Crippen LogP contribution in [0.25, 0.3) is 10.8 Å². The lowest BCUT2D eigenvalue weighted by molar-refractivity contribution is -0.123. The average Bonchev–Trinajstić information content (AvgIpc) is 2.71. The number of fused-ring (bicyclic) bond motifs is 1. The van der Waals surface area contributed by atoms with Crippen LogP contribution in [0, 0.1) is 0 Å². The van der Waals surface area contributed by atoms with Crippen molar-refractivity contribution in [3.63, 3.8) is 0 Å².